The van der Waals surface area contributed by atoms with E-state index in [1.54, 1.807) is 0 Å². The minimum Gasteiger partial charge on any atom is -0.461 e. The molecule has 11 atom stereocenters. The van der Waals surface area contributed by atoms with Crippen LogP contribution in [0.2, 0.25) is 0 Å². The molecule has 5 fully saturated rings. The number of esters is 1. The molecule has 0 aromatic rings. The Balaban J connectivity index is 1.38. The highest BCUT2D eigenvalue weighted by atomic mass is 32.2. The Labute approximate surface area is 230 Å². The highest BCUT2D eigenvalue weighted by Gasteiger charge is 2.66. The number of carbonyl (C=O) groups excluding carboxylic acids is 1. The van der Waals surface area contributed by atoms with Gasteiger partial charge >= 0.3 is 5.97 Å². The Morgan fingerprint density at radius 2 is 1.86 bits per heavy atom. The molecule has 3 aliphatic carbocycles. The lowest BCUT2D eigenvalue weighted by atomic mass is 9.43. The maximum atomic E-state index is 13.5. The van der Waals surface area contributed by atoms with Crippen molar-refractivity contribution in [2.24, 2.45) is 34.0 Å². The molecule has 5 heteroatoms. The van der Waals surface area contributed by atoms with Crippen LogP contribution in [0, 0.1) is 34.0 Å². The van der Waals surface area contributed by atoms with Crippen molar-refractivity contribution < 1.29 is 14.6 Å². The first-order valence-electron chi connectivity index (χ1n) is 15.0. The van der Waals surface area contributed by atoms with Gasteiger partial charge in [-0.2, -0.15) is 0 Å². The van der Waals surface area contributed by atoms with Crippen molar-refractivity contribution in [3.05, 3.63) is 24.8 Å². The summed E-state index contributed by atoms with van der Waals surface area (Å²) in [6, 6.07) is 1.40. The van der Waals surface area contributed by atoms with Crippen molar-refractivity contribution in [3.8, 4) is 0 Å². The summed E-state index contributed by atoms with van der Waals surface area (Å²) in [7, 11) is 2.28. The highest BCUT2D eigenvalue weighted by molar-refractivity contribution is 8.00. The van der Waals surface area contributed by atoms with E-state index in [0.29, 0.717) is 29.4 Å². The fraction of sp³-hybridized carbons (Fsp3) is 0.844. The lowest BCUT2D eigenvalue weighted by molar-refractivity contribution is -0.200. The van der Waals surface area contributed by atoms with Gasteiger partial charge in [0, 0.05) is 28.2 Å². The van der Waals surface area contributed by atoms with E-state index in [9.17, 15) is 9.90 Å². The number of thioether (sulfide) groups is 1. The van der Waals surface area contributed by atoms with Gasteiger partial charge in [0.25, 0.3) is 0 Å². The van der Waals surface area contributed by atoms with E-state index < -0.39 is 11.5 Å². The fourth-order valence-corrected chi connectivity index (χ4v) is 10.9. The third-order valence-electron chi connectivity index (χ3n) is 12.5. The van der Waals surface area contributed by atoms with Crippen LogP contribution in [0.3, 0.4) is 0 Å². The summed E-state index contributed by atoms with van der Waals surface area (Å²) in [5, 5.41) is 12.3. The second kappa shape index (κ2) is 10.0. The molecular formula is C32H51NO3S. The number of hydrogen-bond donors (Lipinski definition) is 1. The normalized spacial score (nSPS) is 50.1. The van der Waals surface area contributed by atoms with Crippen LogP contribution in [-0.4, -0.2) is 58.3 Å². The highest BCUT2D eigenvalue weighted by Crippen LogP contribution is 2.70. The molecule has 4 nitrogen and oxygen atoms in total. The van der Waals surface area contributed by atoms with Gasteiger partial charge in [-0.3, -0.25) is 4.79 Å². The predicted molar refractivity (Wildman–Crippen MR) is 153 cm³/mol. The molecule has 37 heavy (non-hydrogen) atoms. The quantitative estimate of drug-likeness (QED) is 0.320. The first kappa shape index (κ1) is 27.8. The zero-order valence-electron chi connectivity index (χ0n) is 24.0. The average Bonchev–Trinajstić information content (AvgIpc) is 3.34. The zero-order chi connectivity index (χ0) is 26.8. The van der Waals surface area contributed by atoms with Crippen molar-refractivity contribution in [1.29, 1.82) is 0 Å². The van der Waals surface area contributed by atoms with E-state index in [2.05, 4.69) is 52.8 Å². The van der Waals surface area contributed by atoms with Crippen LogP contribution < -0.4 is 0 Å². The molecule has 3 saturated carbocycles. The number of rotatable bonds is 5. The van der Waals surface area contributed by atoms with E-state index in [1.165, 1.54) is 37.7 Å². The Bertz CT molecular complexity index is 922. The zero-order valence-corrected chi connectivity index (χ0v) is 24.8. The minimum atomic E-state index is -0.509. The maximum absolute atomic E-state index is 13.5. The second-order valence-corrected chi connectivity index (χ2v) is 15.3. The molecule has 208 valence electrons. The van der Waals surface area contributed by atoms with Crippen LogP contribution in [0.4, 0.5) is 0 Å². The number of fused-ring (bicyclic) bond motifs is 2. The first-order valence-corrected chi connectivity index (χ1v) is 16.0. The molecule has 0 radical (unpaired) electrons. The topological polar surface area (TPSA) is 49.8 Å². The van der Waals surface area contributed by atoms with Gasteiger partial charge in [-0.05, 0) is 94.4 Å². The maximum Gasteiger partial charge on any atom is 0.316 e. The van der Waals surface area contributed by atoms with Crippen LogP contribution >= 0.6 is 11.8 Å². The molecule has 5 rings (SSSR count). The molecule has 5 aliphatic rings. The third kappa shape index (κ3) is 4.38. The summed E-state index contributed by atoms with van der Waals surface area (Å²) >= 11 is 1.82. The molecule has 1 N–H and O–H groups in total. The molecule has 2 heterocycles. The molecule has 0 spiro atoms. The number of hydrogen-bond acceptors (Lipinski definition) is 5. The van der Waals surface area contributed by atoms with Gasteiger partial charge in [0.2, 0.25) is 0 Å². The Morgan fingerprint density at radius 1 is 1.16 bits per heavy atom. The van der Waals surface area contributed by atoms with E-state index >= 15 is 0 Å². The van der Waals surface area contributed by atoms with E-state index in [1.807, 2.05) is 17.8 Å². The lowest BCUT2D eigenvalue weighted by Crippen LogP contribution is -2.62. The number of aliphatic hydroxyl groups excluding tert-OH is 1. The van der Waals surface area contributed by atoms with Gasteiger partial charge in [-0.25, -0.2) is 0 Å². The number of nitrogens with zero attached hydrogens (tertiary/aromatic N) is 1. The largest absolute Gasteiger partial charge is 0.461 e. The van der Waals surface area contributed by atoms with E-state index in [4.69, 9.17) is 4.74 Å². The summed E-state index contributed by atoms with van der Waals surface area (Å²) in [5.74, 6) is 1.20. The molecule has 2 unspecified atom stereocenters. The Kier molecular flexibility index (Phi) is 7.51. The van der Waals surface area contributed by atoms with Crippen molar-refractivity contribution in [2.75, 3.05) is 12.8 Å². The average molecular weight is 530 g/mol. The Hall–Kier alpha value is -0.780. The van der Waals surface area contributed by atoms with Gasteiger partial charge in [-0.1, -0.05) is 45.9 Å². The third-order valence-corrected chi connectivity index (χ3v) is 13.8. The van der Waals surface area contributed by atoms with E-state index in [-0.39, 0.29) is 34.7 Å². The number of aliphatic hydroxyl groups is 1. The molecular weight excluding hydrogens is 478 g/mol. The van der Waals surface area contributed by atoms with Gasteiger partial charge in [0.1, 0.15) is 6.10 Å². The van der Waals surface area contributed by atoms with Crippen LogP contribution in [0.15, 0.2) is 24.8 Å². The molecule has 0 aromatic heterocycles. The number of ether oxygens (including phenoxy) is 1. The SMILES string of the molecule is C=C[C@]1(C)C[C@@H](OC(=O)CS[C@H]2CCC3CCC(C2)N3C)[C@]2(C)[C@H](C)CC[C@]3(CCC(=C)[C@H]32)[C@@H](C)[C@@H]1O. The van der Waals surface area contributed by atoms with Crippen LogP contribution in [0.5, 0.6) is 0 Å². The summed E-state index contributed by atoms with van der Waals surface area (Å²) in [6.45, 7) is 17.9. The Morgan fingerprint density at radius 3 is 2.59 bits per heavy atom. The van der Waals surface area contributed by atoms with Crippen molar-refractivity contribution in [3.63, 3.8) is 0 Å². The van der Waals surface area contributed by atoms with Crippen LogP contribution in [0.1, 0.15) is 91.9 Å². The van der Waals surface area contributed by atoms with Crippen molar-refractivity contribution in [1.82, 2.24) is 4.90 Å². The second-order valence-electron chi connectivity index (χ2n) is 14.1. The van der Waals surface area contributed by atoms with Crippen molar-refractivity contribution in [2.45, 2.75) is 121 Å². The fourth-order valence-electron chi connectivity index (χ4n) is 9.77. The van der Waals surface area contributed by atoms with Crippen molar-refractivity contribution >= 4 is 17.7 Å². The summed E-state index contributed by atoms with van der Waals surface area (Å²) in [6.07, 6.45) is 12.4. The molecule has 0 amide bonds. The van der Waals surface area contributed by atoms with Crippen LogP contribution in [0.25, 0.3) is 0 Å². The summed E-state index contributed by atoms with van der Waals surface area (Å²) in [5.41, 5.74) is 0.647. The van der Waals surface area contributed by atoms with E-state index in [0.717, 1.165) is 31.7 Å². The number of allylic oxidation sites excluding steroid dienone is 1. The summed E-state index contributed by atoms with van der Waals surface area (Å²) in [4.78, 5) is 16.1. The molecule has 2 aliphatic heterocycles. The lowest BCUT2D eigenvalue weighted by Gasteiger charge is -2.62. The first-order chi connectivity index (χ1) is 17.5. The standard InChI is InChI=1S/C32H51NO3S/c1-8-30(5)18-26(36-27(34)19-37-25-12-11-23-9-10-24(17-25)33(23)7)31(6)21(3)14-16-32(22(4)29(30)35)15-13-20(2)28(31)32/h8,21-26,28-29,35H,1-2,9-19H2,3-7H3/t21-,22+,23?,24?,25+,26-,28+,29+,30-,31+,32-/m1/s1. The van der Waals surface area contributed by atoms with Gasteiger partial charge in [-0.15, -0.1) is 18.3 Å². The molecule has 0 aromatic carbocycles. The monoisotopic (exact) mass is 529 g/mol. The van der Waals surface area contributed by atoms with Crippen LogP contribution in [-0.2, 0) is 9.53 Å². The predicted octanol–water partition coefficient (Wildman–Crippen LogP) is 6.63. The number of carbonyl (C=O) groups is 1. The molecule has 4 bridgehead atoms. The molecule has 2 saturated heterocycles. The van der Waals surface area contributed by atoms with Gasteiger partial charge < -0.3 is 14.7 Å². The summed E-state index contributed by atoms with van der Waals surface area (Å²) < 4.78 is 6.56. The van der Waals surface area contributed by atoms with Gasteiger partial charge in [0.15, 0.2) is 0 Å². The minimum absolute atomic E-state index is 0.0214. The van der Waals surface area contributed by atoms with Gasteiger partial charge in [0.05, 0.1) is 11.9 Å². The smallest absolute Gasteiger partial charge is 0.316 e.